The van der Waals surface area contributed by atoms with Crippen LogP contribution in [0.3, 0.4) is 0 Å². The lowest BCUT2D eigenvalue weighted by atomic mass is 10.2. The molecule has 1 rings (SSSR count). The predicted octanol–water partition coefficient (Wildman–Crippen LogP) is 1.67. The molecular formula is C9H13ClN2O2S. The van der Waals surface area contributed by atoms with E-state index in [1.807, 2.05) is 13.8 Å². The van der Waals surface area contributed by atoms with Crippen molar-refractivity contribution in [3.8, 4) is 0 Å². The van der Waals surface area contributed by atoms with Crippen LogP contribution >= 0.6 is 11.6 Å². The first kappa shape index (κ1) is 12.4. The molecule has 0 fully saturated rings. The Labute approximate surface area is 94.7 Å². The Kier molecular flexibility index (Phi) is 4.07. The average molecular weight is 249 g/mol. The third-order valence-corrected chi connectivity index (χ3v) is 3.60. The Balaban J connectivity index is 2.92. The van der Waals surface area contributed by atoms with Crippen molar-refractivity contribution in [1.82, 2.24) is 9.71 Å². The molecule has 0 unspecified atom stereocenters. The summed E-state index contributed by atoms with van der Waals surface area (Å²) in [6.07, 6.45) is 2.69. The van der Waals surface area contributed by atoms with Gasteiger partial charge in [0.25, 0.3) is 0 Å². The molecule has 84 valence electrons. The van der Waals surface area contributed by atoms with Gasteiger partial charge in [-0.25, -0.2) is 13.1 Å². The van der Waals surface area contributed by atoms with Crippen LogP contribution in [0.15, 0.2) is 23.4 Å². The zero-order valence-electron chi connectivity index (χ0n) is 8.57. The highest BCUT2D eigenvalue weighted by molar-refractivity contribution is 7.89. The van der Waals surface area contributed by atoms with E-state index in [1.54, 1.807) is 0 Å². The van der Waals surface area contributed by atoms with E-state index in [0.29, 0.717) is 6.54 Å². The lowest BCUT2D eigenvalue weighted by molar-refractivity contribution is 0.560. The van der Waals surface area contributed by atoms with Crippen LogP contribution in [0.2, 0.25) is 5.02 Å². The van der Waals surface area contributed by atoms with Crippen LogP contribution in [-0.4, -0.2) is 19.9 Å². The van der Waals surface area contributed by atoms with Crippen LogP contribution < -0.4 is 4.72 Å². The van der Waals surface area contributed by atoms with E-state index >= 15 is 0 Å². The molecule has 1 aromatic rings. The van der Waals surface area contributed by atoms with Crippen molar-refractivity contribution in [2.75, 3.05) is 6.54 Å². The smallest absolute Gasteiger partial charge is 0.243 e. The highest BCUT2D eigenvalue weighted by Crippen LogP contribution is 2.18. The van der Waals surface area contributed by atoms with Crippen molar-refractivity contribution in [3.05, 3.63) is 23.5 Å². The van der Waals surface area contributed by atoms with E-state index in [1.165, 1.54) is 18.5 Å². The SMILES string of the molecule is CC(C)CNS(=O)(=O)c1cnccc1Cl. The van der Waals surface area contributed by atoms with Gasteiger partial charge in [-0.15, -0.1) is 0 Å². The fourth-order valence-electron chi connectivity index (χ4n) is 0.915. The van der Waals surface area contributed by atoms with Crippen molar-refractivity contribution in [1.29, 1.82) is 0 Å². The van der Waals surface area contributed by atoms with Crippen LogP contribution in [0.4, 0.5) is 0 Å². The Bertz CT molecular complexity index is 431. The van der Waals surface area contributed by atoms with Crippen LogP contribution in [0.5, 0.6) is 0 Å². The van der Waals surface area contributed by atoms with Gasteiger partial charge in [-0.2, -0.15) is 0 Å². The lowest BCUT2D eigenvalue weighted by Gasteiger charge is -2.09. The Morgan fingerprint density at radius 1 is 1.53 bits per heavy atom. The number of hydrogen-bond donors (Lipinski definition) is 1. The quantitative estimate of drug-likeness (QED) is 0.882. The minimum Gasteiger partial charge on any atom is -0.263 e. The van der Waals surface area contributed by atoms with Gasteiger partial charge >= 0.3 is 0 Å². The summed E-state index contributed by atoms with van der Waals surface area (Å²) in [5.74, 6) is 0.246. The van der Waals surface area contributed by atoms with Crippen molar-refractivity contribution < 1.29 is 8.42 Å². The number of pyridine rings is 1. The van der Waals surface area contributed by atoms with Crippen LogP contribution in [-0.2, 0) is 10.0 Å². The van der Waals surface area contributed by atoms with E-state index in [-0.39, 0.29) is 15.8 Å². The van der Waals surface area contributed by atoms with Gasteiger partial charge < -0.3 is 0 Å². The van der Waals surface area contributed by atoms with Gasteiger partial charge in [0.1, 0.15) is 4.90 Å². The van der Waals surface area contributed by atoms with Crippen molar-refractivity contribution in [2.45, 2.75) is 18.7 Å². The molecule has 1 N–H and O–H groups in total. The summed E-state index contributed by atoms with van der Waals surface area (Å²) in [5, 5.41) is 0.182. The number of nitrogens with one attached hydrogen (secondary N) is 1. The maximum Gasteiger partial charge on any atom is 0.243 e. The second-order valence-electron chi connectivity index (χ2n) is 3.55. The summed E-state index contributed by atoms with van der Waals surface area (Å²) in [7, 11) is -3.53. The fourth-order valence-corrected chi connectivity index (χ4v) is 2.56. The molecule has 0 aromatic carbocycles. The summed E-state index contributed by atoms with van der Waals surface area (Å²) in [4.78, 5) is 3.76. The van der Waals surface area contributed by atoms with Crippen LogP contribution in [0.25, 0.3) is 0 Å². The molecule has 1 aromatic heterocycles. The molecule has 0 amide bonds. The molecule has 0 bridgehead atoms. The largest absolute Gasteiger partial charge is 0.263 e. The van der Waals surface area contributed by atoms with Crippen LogP contribution in [0.1, 0.15) is 13.8 Å². The summed E-state index contributed by atoms with van der Waals surface area (Å²) in [6, 6.07) is 1.45. The van der Waals surface area contributed by atoms with Gasteiger partial charge in [0, 0.05) is 18.9 Å². The monoisotopic (exact) mass is 248 g/mol. The van der Waals surface area contributed by atoms with Gasteiger partial charge in [-0.3, -0.25) is 4.98 Å². The third-order valence-electron chi connectivity index (χ3n) is 1.71. The highest BCUT2D eigenvalue weighted by atomic mass is 35.5. The first-order chi connectivity index (χ1) is 6.93. The maximum absolute atomic E-state index is 11.7. The Morgan fingerprint density at radius 3 is 2.73 bits per heavy atom. The topological polar surface area (TPSA) is 59.1 Å². The molecule has 0 aliphatic heterocycles. The zero-order valence-corrected chi connectivity index (χ0v) is 10.1. The molecule has 15 heavy (non-hydrogen) atoms. The number of sulfonamides is 1. The average Bonchev–Trinajstić information content (AvgIpc) is 2.15. The normalized spacial score (nSPS) is 12.0. The van der Waals surface area contributed by atoms with E-state index in [4.69, 9.17) is 11.6 Å². The van der Waals surface area contributed by atoms with Crippen LogP contribution in [0, 0.1) is 5.92 Å². The van der Waals surface area contributed by atoms with Crippen molar-refractivity contribution in [3.63, 3.8) is 0 Å². The number of halogens is 1. The molecule has 0 spiro atoms. The zero-order chi connectivity index (χ0) is 11.5. The molecular weight excluding hydrogens is 236 g/mol. The van der Waals surface area contributed by atoms with Gasteiger partial charge in [-0.1, -0.05) is 25.4 Å². The number of nitrogens with zero attached hydrogens (tertiary/aromatic N) is 1. The van der Waals surface area contributed by atoms with E-state index in [0.717, 1.165) is 0 Å². The maximum atomic E-state index is 11.7. The van der Waals surface area contributed by atoms with Gasteiger partial charge in [-0.05, 0) is 12.0 Å². The second-order valence-corrected chi connectivity index (χ2v) is 5.69. The number of aromatic nitrogens is 1. The van der Waals surface area contributed by atoms with E-state index < -0.39 is 10.0 Å². The van der Waals surface area contributed by atoms with E-state index in [2.05, 4.69) is 9.71 Å². The molecule has 0 atom stereocenters. The molecule has 0 aliphatic rings. The fraction of sp³-hybridized carbons (Fsp3) is 0.444. The highest BCUT2D eigenvalue weighted by Gasteiger charge is 2.17. The molecule has 0 saturated carbocycles. The van der Waals surface area contributed by atoms with Crippen molar-refractivity contribution >= 4 is 21.6 Å². The first-order valence-corrected chi connectivity index (χ1v) is 6.39. The van der Waals surface area contributed by atoms with Gasteiger partial charge in [0.15, 0.2) is 0 Å². The van der Waals surface area contributed by atoms with Gasteiger partial charge in [0.05, 0.1) is 5.02 Å². The summed E-state index contributed by atoms with van der Waals surface area (Å²) >= 11 is 5.76. The first-order valence-electron chi connectivity index (χ1n) is 4.52. The van der Waals surface area contributed by atoms with E-state index in [9.17, 15) is 8.42 Å². The van der Waals surface area contributed by atoms with Crippen molar-refractivity contribution in [2.24, 2.45) is 5.92 Å². The standard InChI is InChI=1S/C9H13ClN2O2S/c1-7(2)5-12-15(13,14)9-6-11-4-3-8(9)10/h3-4,6-7,12H,5H2,1-2H3. The lowest BCUT2D eigenvalue weighted by Crippen LogP contribution is -2.27. The third kappa shape index (κ3) is 3.44. The predicted molar refractivity (Wildman–Crippen MR) is 59.3 cm³/mol. The minimum atomic E-state index is -3.53. The summed E-state index contributed by atoms with van der Waals surface area (Å²) < 4.78 is 25.9. The summed E-state index contributed by atoms with van der Waals surface area (Å²) in [6.45, 7) is 4.23. The Hall–Kier alpha value is -0.650. The Morgan fingerprint density at radius 2 is 2.20 bits per heavy atom. The number of hydrogen-bond acceptors (Lipinski definition) is 3. The molecule has 6 heteroatoms. The number of rotatable bonds is 4. The molecule has 0 radical (unpaired) electrons. The molecule has 1 heterocycles. The summed E-state index contributed by atoms with van der Waals surface area (Å²) in [5.41, 5.74) is 0. The second kappa shape index (κ2) is 4.92. The molecule has 0 saturated heterocycles. The molecule has 4 nitrogen and oxygen atoms in total. The molecule has 0 aliphatic carbocycles. The minimum absolute atomic E-state index is 0.0207. The van der Waals surface area contributed by atoms with Gasteiger partial charge in [0.2, 0.25) is 10.0 Å².